The molecule has 0 aliphatic carbocycles. The number of hydrogen-bond donors (Lipinski definition) is 1. The summed E-state index contributed by atoms with van der Waals surface area (Å²) in [7, 11) is 1.38. The van der Waals surface area contributed by atoms with Crippen molar-refractivity contribution >= 4 is 22.6 Å². The van der Waals surface area contributed by atoms with Crippen molar-refractivity contribution in [3.05, 3.63) is 58.4 Å². The maximum atomic E-state index is 13.2. The second kappa shape index (κ2) is 6.82. The number of aryl methyl sites for hydroxylation is 1. The van der Waals surface area contributed by atoms with E-state index in [1.54, 1.807) is 25.1 Å². The van der Waals surface area contributed by atoms with Crippen molar-refractivity contribution in [3.63, 3.8) is 0 Å². The molecule has 28 heavy (non-hydrogen) atoms. The van der Waals surface area contributed by atoms with Crippen LogP contribution in [0.15, 0.2) is 41.3 Å². The van der Waals surface area contributed by atoms with Gasteiger partial charge in [-0.2, -0.15) is 5.10 Å². The van der Waals surface area contributed by atoms with Crippen LogP contribution in [0.2, 0.25) is 0 Å². The molecule has 1 aromatic carbocycles. The number of nitrogens with one attached hydrogen (secondary N) is 1. The summed E-state index contributed by atoms with van der Waals surface area (Å²) in [5.74, 6) is -0.822. The Bertz CT molecular complexity index is 1260. The zero-order valence-corrected chi connectivity index (χ0v) is 15.0. The van der Waals surface area contributed by atoms with E-state index in [1.165, 1.54) is 30.0 Å². The molecule has 3 heterocycles. The van der Waals surface area contributed by atoms with Gasteiger partial charge in [0, 0.05) is 13.3 Å². The lowest BCUT2D eigenvalue weighted by molar-refractivity contribution is -0.120. The number of nitrogens with zero attached hydrogens (tertiary/aromatic N) is 5. The van der Waals surface area contributed by atoms with E-state index in [0.717, 1.165) is 10.2 Å². The molecule has 4 aromatic rings. The number of aromatic nitrogens is 5. The van der Waals surface area contributed by atoms with Crippen LogP contribution < -0.4 is 11.0 Å². The van der Waals surface area contributed by atoms with E-state index in [9.17, 15) is 14.0 Å². The lowest BCUT2D eigenvalue weighted by Gasteiger charge is -2.08. The van der Waals surface area contributed by atoms with Gasteiger partial charge in [-0.05, 0) is 30.7 Å². The fourth-order valence-electron chi connectivity index (χ4n) is 2.99. The summed E-state index contributed by atoms with van der Waals surface area (Å²) in [4.78, 5) is 24.3. The molecule has 9 nitrogen and oxygen atoms in total. The van der Waals surface area contributed by atoms with E-state index >= 15 is 0 Å². The molecule has 0 bridgehead atoms. The summed E-state index contributed by atoms with van der Waals surface area (Å²) in [5.41, 5.74) is 4.87. The van der Waals surface area contributed by atoms with Crippen LogP contribution in [0.1, 0.15) is 5.69 Å². The molecule has 0 saturated carbocycles. The molecular weight excluding hydrogens is 367 g/mol. The number of ether oxygens (including phenoxy) is 1. The smallest absolute Gasteiger partial charge is 0.299 e. The Morgan fingerprint density at radius 1 is 1.21 bits per heavy atom. The molecule has 3 aromatic heterocycles. The summed E-state index contributed by atoms with van der Waals surface area (Å²) >= 11 is 0. The Balaban J connectivity index is 1.88. The molecule has 0 saturated heterocycles. The van der Waals surface area contributed by atoms with Crippen LogP contribution in [0, 0.1) is 12.7 Å². The highest BCUT2D eigenvalue weighted by molar-refractivity contribution is 5.86. The minimum absolute atomic E-state index is 0.0425. The van der Waals surface area contributed by atoms with Crippen molar-refractivity contribution in [1.29, 1.82) is 0 Å². The van der Waals surface area contributed by atoms with Gasteiger partial charge in [0.25, 0.3) is 11.5 Å². The van der Waals surface area contributed by atoms with Gasteiger partial charge >= 0.3 is 0 Å². The van der Waals surface area contributed by atoms with Gasteiger partial charge in [-0.1, -0.05) is 12.1 Å². The number of halogens is 1. The van der Waals surface area contributed by atoms with Crippen LogP contribution in [0.25, 0.3) is 27.8 Å². The molecule has 0 unspecified atom stereocenters. The number of amides is 1. The number of carbonyl (C=O) groups excluding carboxylic acids is 1. The Morgan fingerprint density at radius 3 is 2.68 bits per heavy atom. The first-order valence-corrected chi connectivity index (χ1v) is 8.31. The van der Waals surface area contributed by atoms with Crippen molar-refractivity contribution in [1.82, 2.24) is 24.5 Å². The Hall–Kier alpha value is -3.66. The summed E-state index contributed by atoms with van der Waals surface area (Å²) in [5, 5.41) is 12.7. The largest absolute Gasteiger partial charge is 0.375 e. The predicted molar refractivity (Wildman–Crippen MR) is 98.9 cm³/mol. The Kier molecular flexibility index (Phi) is 4.32. The van der Waals surface area contributed by atoms with E-state index in [0.29, 0.717) is 22.4 Å². The molecule has 10 heteroatoms. The van der Waals surface area contributed by atoms with Gasteiger partial charge in [0.05, 0.1) is 11.3 Å². The molecule has 0 atom stereocenters. The highest BCUT2D eigenvalue weighted by Crippen LogP contribution is 2.28. The van der Waals surface area contributed by atoms with Crippen LogP contribution in [-0.4, -0.2) is 44.1 Å². The minimum Gasteiger partial charge on any atom is -0.375 e. The summed E-state index contributed by atoms with van der Waals surface area (Å²) < 4.78 is 20.5. The third-order valence-electron chi connectivity index (χ3n) is 4.21. The molecule has 0 fully saturated rings. The van der Waals surface area contributed by atoms with Gasteiger partial charge in [0.15, 0.2) is 11.2 Å². The highest BCUT2D eigenvalue weighted by atomic mass is 19.1. The Morgan fingerprint density at radius 2 is 1.96 bits per heavy atom. The first kappa shape index (κ1) is 17.7. The van der Waals surface area contributed by atoms with Crippen LogP contribution in [0.5, 0.6) is 0 Å². The lowest BCUT2D eigenvalue weighted by atomic mass is 10.1. The summed E-state index contributed by atoms with van der Waals surface area (Å²) in [6, 6.07) is 7.58. The van der Waals surface area contributed by atoms with E-state index in [2.05, 4.69) is 20.7 Å². The number of carbonyl (C=O) groups is 1. The van der Waals surface area contributed by atoms with Crippen LogP contribution >= 0.6 is 0 Å². The van der Waals surface area contributed by atoms with E-state index < -0.39 is 11.5 Å². The third kappa shape index (κ3) is 2.89. The maximum absolute atomic E-state index is 13.2. The second-order valence-electron chi connectivity index (χ2n) is 6.10. The average molecular weight is 382 g/mol. The summed E-state index contributed by atoms with van der Waals surface area (Å²) in [6.45, 7) is 1.61. The maximum Gasteiger partial charge on any atom is 0.299 e. The van der Waals surface area contributed by atoms with Crippen molar-refractivity contribution < 1.29 is 13.9 Å². The molecule has 0 aliphatic heterocycles. The topological polar surface area (TPSA) is 103 Å². The van der Waals surface area contributed by atoms with Gasteiger partial charge in [-0.15, -0.1) is 10.2 Å². The normalized spacial score (nSPS) is 11.2. The average Bonchev–Trinajstić information content (AvgIpc) is 3.01. The van der Waals surface area contributed by atoms with E-state index in [1.807, 2.05) is 0 Å². The zero-order chi connectivity index (χ0) is 19.8. The highest BCUT2D eigenvalue weighted by Gasteiger charge is 2.17. The number of hydrogen-bond acceptors (Lipinski definition) is 6. The molecular formula is C18H15FN6O3. The van der Waals surface area contributed by atoms with Crippen LogP contribution in [0.3, 0.4) is 0 Å². The second-order valence-corrected chi connectivity index (χ2v) is 6.10. The van der Waals surface area contributed by atoms with Gasteiger partial charge < -0.3 is 4.74 Å². The molecule has 0 spiro atoms. The fraction of sp³-hybridized carbons (Fsp3) is 0.167. The molecule has 142 valence electrons. The van der Waals surface area contributed by atoms with Crippen molar-refractivity contribution in [3.8, 4) is 11.1 Å². The van der Waals surface area contributed by atoms with Crippen molar-refractivity contribution in [2.75, 3.05) is 19.1 Å². The standard InChI is InChI=1S/C18H15FN6O3/c1-10-15(11-3-5-12(19)6-4-11)17-21-20-16-13(25(17)22-10)7-8-24(18(16)27)23-14(26)9-28-2/h3-8H,9H2,1-2H3,(H,23,26). The van der Waals surface area contributed by atoms with Crippen LogP contribution in [0.4, 0.5) is 4.39 Å². The minimum atomic E-state index is -0.548. The fourth-order valence-corrected chi connectivity index (χ4v) is 2.99. The van der Waals surface area contributed by atoms with E-state index in [-0.39, 0.29) is 17.9 Å². The number of benzene rings is 1. The van der Waals surface area contributed by atoms with Gasteiger partial charge in [-0.3, -0.25) is 15.0 Å². The molecule has 0 radical (unpaired) electrons. The number of pyridine rings is 1. The SMILES string of the molecule is COCC(=O)Nn1ccc2c(nnc3c(-c4ccc(F)cc4)c(C)nn32)c1=O. The Labute approximate surface area is 157 Å². The van der Waals surface area contributed by atoms with Gasteiger partial charge in [0.2, 0.25) is 0 Å². The van der Waals surface area contributed by atoms with Crippen LogP contribution in [-0.2, 0) is 9.53 Å². The number of methoxy groups -OCH3 is 1. The van der Waals surface area contributed by atoms with E-state index in [4.69, 9.17) is 4.74 Å². The monoisotopic (exact) mass is 382 g/mol. The lowest BCUT2D eigenvalue weighted by Crippen LogP contribution is -2.35. The van der Waals surface area contributed by atoms with Gasteiger partial charge in [0.1, 0.15) is 17.9 Å². The number of rotatable bonds is 4. The van der Waals surface area contributed by atoms with Crippen molar-refractivity contribution in [2.24, 2.45) is 0 Å². The zero-order valence-electron chi connectivity index (χ0n) is 15.0. The third-order valence-corrected chi connectivity index (χ3v) is 4.21. The molecule has 1 N–H and O–H groups in total. The molecule has 1 amide bonds. The first-order chi connectivity index (χ1) is 13.5. The molecule has 4 rings (SSSR count). The predicted octanol–water partition coefficient (Wildman–Crippen LogP) is 1.27. The number of fused-ring (bicyclic) bond motifs is 3. The van der Waals surface area contributed by atoms with Gasteiger partial charge in [-0.25, -0.2) is 13.6 Å². The quantitative estimate of drug-likeness (QED) is 0.570. The first-order valence-electron chi connectivity index (χ1n) is 8.31. The summed E-state index contributed by atoms with van der Waals surface area (Å²) in [6.07, 6.45) is 1.41. The van der Waals surface area contributed by atoms with Crippen molar-refractivity contribution in [2.45, 2.75) is 6.92 Å². The molecule has 0 aliphatic rings.